The first-order valence-corrected chi connectivity index (χ1v) is 7.85. The van der Waals surface area contributed by atoms with Crippen molar-refractivity contribution in [2.75, 3.05) is 13.7 Å². The van der Waals surface area contributed by atoms with E-state index in [2.05, 4.69) is 5.32 Å². The van der Waals surface area contributed by atoms with Crippen LogP contribution in [0.15, 0.2) is 18.2 Å². The van der Waals surface area contributed by atoms with Crippen molar-refractivity contribution in [1.82, 2.24) is 5.32 Å². The maximum atomic E-state index is 12.5. The number of aliphatic carboxylic acids is 1. The van der Waals surface area contributed by atoms with Crippen LogP contribution in [0.2, 0.25) is 0 Å². The van der Waals surface area contributed by atoms with Crippen molar-refractivity contribution in [3.63, 3.8) is 0 Å². The van der Waals surface area contributed by atoms with Crippen LogP contribution in [0.4, 0.5) is 0 Å². The van der Waals surface area contributed by atoms with Crippen LogP contribution in [-0.2, 0) is 4.79 Å². The van der Waals surface area contributed by atoms with Gasteiger partial charge in [0, 0.05) is 5.56 Å². The summed E-state index contributed by atoms with van der Waals surface area (Å²) in [5.74, 6) is -0.114. The Hall–Kier alpha value is -2.24. The van der Waals surface area contributed by atoms with Crippen molar-refractivity contribution in [3.8, 4) is 11.5 Å². The molecule has 0 heterocycles. The van der Waals surface area contributed by atoms with Gasteiger partial charge in [-0.1, -0.05) is 12.8 Å². The van der Waals surface area contributed by atoms with E-state index in [1.807, 2.05) is 6.92 Å². The van der Waals surface area contributed by atoms with E-state index < -0.39 is 11.5 Å². The lowest BCUT2D eigenvalue weighted by Crippen LogP contribution is -2.47. The Labute approximate surface area is 135 Å². The molecule has 0 bridgehead atoms. The molecule has 0 unspecified atom stereocenters. The Balaban J connectivity index is 2.17. The summed E-state index contributed by atoms with van der Waals surface area (Å²) in [7, 11) is 1.52. The van der Waals surface area contributed by atoms with E-state index in [9.17, 15) is 9.59 Å². The lowest BCUT2D eigenvalue weighted by atomic mass is 9.92. The molecule has 0 atom stereocenters. The number of hydrogen-bond acceptors (Lipinski definition) is 4. The Morgan fingerprint density at radius 3 is 2.52 bits per heavy atom. The minimum absolute atomic E-state index is 0.0487. The lowest BCUT2D eigenvalue weighted by molar-refractivity contribution is -0.138. The van der Waals surface area contributed by atoms with Gasteiger partial charge >= 0.3 is 5.97 Å². The van der Waals surface area contributed by atoms with Gasteiger partial charge in [0.25, 0.3) is 5.91 Å². The number of methoxy groups -OCH3 is 1. The quantitative estimate of drug-likeness (QED) is 0.806. The summed E-state index contributed by atoms with van der Waals surface area (Å²) in [4.78, 5) is 23.6. The van der Waals surface area contributed by atoms with Crippen molar-refractivity contribution in [2.24, 2.45) is 0 Å². The highest BCUT2D eigenvalue weighted by Crippen LogP contribution is 2.34. The van der Waals surface area contributed by atoms with Gasteiger partial charge < -0.3 is 19.9 Å². The van der Waals surface area contributed by atoms with E-state index in [1.54, 1.807) is 18.2 Å². The van der Waals surface area contributed by atoms with Crippen molar-refractivity contribution < 1.29 is 24.2 Å². The number of benzene rings is 1. The fourth-order valence-electron chi connectivity index (χ4n) is 3.08. The number of nitrogens with one attached hydrogen (secondary N) is 1. The summed E-state index contributed by atoms with van der Waals surface area (Å²) >= 11 is 0. The molecule has 1 aliphatic carbocycles. The molecule has 6 nitrogen and oxygen atoms in total. The fraction of sp³-hybridized carbons (Fsp3) is 0.529. The standard InChI is InChI=1S/C17H23NO5/c1-3-23-13-7-6-12(10-14(13)22-2)16(21)18-17(11-15(19)20)8-4-5-9-17/h6-7,10H,3-5,8-9,11H2,1-2H3,(H,18,21)(H,19,20). The zero-order valence-corrected chi connectivity index (χ0v) is 13.6. The molecule has 1 aromatic rings. The summed E-state index contributed by atoms with van der Waals surface area (Å²) < 4.78 is 10.7. The predicted octanol–water partition coefficient (Wildman–Crippen LogP) is 2.61. The molecule has 0 aliphatic heterocycles. The van der Waals surface area contributed by atoms with Gasteiger partial charge in [-0.2, -0.15) is 0 Å². The number of carbonyl (C=O) groups excluding carboxylic acids is 1. The van der Waals surface area contributed by atoms with Crippen molar-refractivity contribution in [2.45, 2.75) is 44.6 Å². The Morgan fingerprint density at radius 1 is 1.26 bits per heavy atom. The predicted molar refractivity (Wildman–Crippen MR) is 85.1 cm³/mol. The number of amides is 1. The first-order valence-electron chi connectivity index (χ1n) is 7.85. The molecule has 0 aromatic heterocycles. The second-order valence-electron chi connectivity index (χ2n) is 5.81. The Bertz CT molecular complexity index is 578. The molecule has 0 saturated heterocycles. The zero-order valence-electron chi connectivity index (χ0n) is 13.6. The monoisotopic (exact) mass is 321 g/mol. The summed E-state index contributed by atoms with van der Waals surface area (Å²) in [6.07, 6.45) is 3.20. The average Bonchev–Trinajstić information content (AvgIpc) is 2.95. The zero-order chi connectivity index (χ0) is 16.9. The average molecular weight is 321 g/mol. The van der Waals surface area contributed by atoms with Gasteiger partial charge in [0.1, 0.15) is 0 Å². The molecule has 2 rings (SSSR count). The fourth-order valence-corrected chi connectivity index (χ4v) is 3.08. The molecule has 1 saturated carbocycles. The Morgan fingerprint density at radius 2 is 1.96 bits per heavy atom. The lowest BCUT2D eigenvalue weighted by Gasteiger charge is -2.28. The summed E-state index contributed by atoms with van der Waals surface area (Å²) in [6.45, 7) is 2.37. The largest absolute Gasteiger partial charge is 0.493 e. The van der Waals surface area contributed by atoms with Crippen molar-refractivity contribution in [1.29, 1.82) is 0 Å². The maximum Gasteiger partial charge on any atom is 0.305 e. The molecule has 0 spiro atoms. The number of carboxylic acids is 1. The van der Waals surface area contributed by atoms with Crippen LogP contribution in [0.25, 0.3) is 0 Å². The molecular weight excluding hydrogens is 298 g/mol. The minimum atomic E-state index is -0.892. The topological polar surface area (TPSA) is 84.9 Å². The van der Waals surface area contributed by atoms with Crippen molar-refractivity contribution >= 4 is 11.9 Å². The summed E-state index contributed by atoms with van der Waals surface area (Å²) in [5.41, 5.74) is -0.212. The highest BCUT2D eigenvalue weighted by atomic mass is 16.5. The van der Waals surface area contributed by atoms with E-state index in [0.29, 0.717) is 36.5 Å². The van der Waals surface area contributed by atoms with E-state index in [-0.39, 0.29) is 12.3 Å². The van der Waals surface area contributed by atoms with Crippen LogP contribution >= 0.6 is 0 Å². The third-order valence-electron chi connectivity index (χ3n) is 4.15. The first-order chi connectivity index (χ1) is 11.0. The second kappa shape index (κ2) is 7.35. The molecule has 1 aromatic carbocycles. The highest BCUT2D eigenvalue weighted by molar-refractivity contribution is 5.95. The molecule has 6 heteroatoms. The van der Waals surface area contributed by atoms with Gasteiger partial charge in [-0.25, -0.2) is 0 Å². The molecule has 0 radical (unpaired) electrons. The van der Waals surface area contributed by atoms with E-state index in [1.165, 1.54) is 7.11 Å². The van der Waals surface area contributed by atoms with Crippen LogP contribution in [0.1, 0.15) is 49.4 Å². The van der Waals surface area contributed by atoms with E-state index >= 15 is 0 Å². The van der Waals surface area contributed by atoms with Crippen LogP contribution < -0.4 is 14.8 Å². The number of hydrogen-bond donors (Lipinski definition) is 2. The summed E-state index contributed by atoms with van der Waals surface area (Å²) in [6, 6.07) is 4.96. The number of ether oxygens (including phenoxy) is 2. The normalized spacial score (nSPS) is 15.9. The van der Waals surface area contributed by atoms with Crippen LogP contribution in [0, 0.1) is 0 Å². The van der Waals surface area contributed by atoms with E-state index in [4.69, 9.17) is 14.6 Å². The minimum Gasteiger partial charge on any atom is -0.493 e. The van der Waals surface area contributed by atoms with Gasteiger partial charge in [0.2, 0.25) is 0 Å². The number of carboxylic acid groups (broad SMARTS) is 1. The highest BCUT2D eigenvalue weighted by Gasteiger charge is 2.37. The summed E-state index contributed by atoms with van der Waals surface area (Å²) in [5, 5.41) is 12.0. The molecule has 2 N–H and O–H groups in total. The van der Waals surface area contributed by atoms with E-state index in [0.717, 1.165) is 12.8 Å². The van der Waals surface area contributed by atoms with Gasteiger partial charge in [-0.15, -0.1) is 0 Å². The SMILES string of the molecule is CCOc1ccc(C(=O)NC2(CC(=O)O)CCCC2)cc1OC. The molecule has 1 fully saturated rings. The molecular formula is C17H23NO5. The van der Waals surface area contributed by atoms with Gasteiger partial charge in [0.15, 0.2) is 11.5 Å². The second-order valence-corrected chi connectivity index (χ2v) is 5.81. The Kier molecular flexibility index (Phi) is 5.47. The molecule has 1 aliphatic rings. The maximum absolute atomic E-state index is 12.5. The third kappa shape index (κ3) is 4.15. The number of rotatable bonds is 7. The van der Waals surface area contributed by atoms with Gasteiger partial charge in [-0.3, -0.25) is 9.59 Å². The smallest absolute Gasteiger partial charge is 0.305 e. The van der Waals surface area contributed by atoms with Gasteiger partial charge in [-0.05, 0) is 38.0 Å². The third-order valence-corrected chi connectivity index (χ3v) is 4.15. The van der Waals surface area contributed by atoms with Crippen LogP contribution in [0.3, 0.4) is 0 Å². The van der Waals surface area contributed by atoms with Gasteiger partial charge in [0.05, 0.1) is 25.7 Å². The molecule has 23 heavy (non-hydrogen) atoms. The van der Waals surface area contributed by atoms with Crippen LogP contribution in [-0.4, -0.2) is 36.2 Å². The first kappa shape index (κ1) is 17.1. The molecule has 126 valence electrons. The van der Waals surface area contributed by atoms with Crippen molar-refractivity contribution in [3.05, 3.63) is 23.8 Å². The molecule has 1 amide bonds. The number of carbonyl (C=O) groups is 2. The van der Waals surface area contributed by atoms with Crippen LogP contribution in [0.5, 0.6) is 11.5 Å².